The second-order valence-corrected chi connectivity index (χ2v) is 5.79. The minimum absolute atomic E-state index is 0.364. The van der Waals surface area contributed by atoms with Crippen molar-refractivity contribution in [1.29, 1.82) is 0 Å². The van der Waals surface area contributed by atoms with Crippen LogP contribution in [0, 0.1) is 13.8 Å². The third-order valence-corrected chi connectivity index (χ3v) is 4.17. The second kappa shape index (κ2) is 6.32. The van der Waals surface area contributed by atoms with Gasteiger partial charge < -0.3 is 4.74 Å². The Balaban J connectivity index is 1.76. The van der Waals surface area contributed by atoms with E-state index in [1.165, 1.54) is 0 Å². The maximum Gasteiger partial charge on any atom is 0.235 e. The maximum absolute atomic E-state index is 5.92. The van der Waals surface area contributed by atoms with Gasteiger partial charge in [-0.05, 0) is 26.0 Å². The van der Waals surface area contributed by atoms with Crippen molar-refractivity contribution in [3.8, 4) is 17.3 Å². The summed E-state index contributed by atoms with van der Waals surface area (Å²) in [6.07, 6.45) is 1.75. The number of nitrogens with zero attached hydrogens (tertiary/aromatic N) is 5. The fourth-order valence-electron chi connectivity index (χ4n) is 2.63. The molecule has 0 aliphatic carbocycles. The predicted octanol–water partition coefficient (Wildman–Crippen LogP) is 3.38. The van der Waals surface area contributed by atoms with E-state index in [0.717, 1.165) is 28.0 Å². The van der Waals surface area contributed by atoms with Crippen LogP contribution in [-0.4, -0.2) is 24.8 Å². The highest BCUT2D eigenvalue weighted by molar-refractivity contribution is 5.62. The van der Waals surface area contributed by atoms with E-state index in [1.54, 1.807) is 10.7 Å². The molecule has 0 N–H and O–H groups in total. The minimum atomic E-state index is 0.364. The average molecular weight is 331 g/mol. The Bertz CT molecular complexity index is 1010. The summed E-state index contributed by atoms with van der Waals surface area (Å²) < 4.78 is 7.66. The predicted molar refractivity (Wildman–Crippen MR) is 94.3 cm³/mol. The molecular weight excluding hydrogens is 314 g/mol. The van der Waals surface area contributed by atoms with E-state index in [0.29, 0.717) is 18.3 Å². The van der Waals surface area contributed by atoms with Crippen LogP contribution in [0.15, 0.2) is 54.7 Å². The van der Waals surface area contributed by atoms with Gasteiger partial charge in [0.2, 0.25) is 5.88 Å². The maximum atomic E-state index is 5.92. The minimum Gasteiger partial charge on any atom is -0.470 e. The molecule has 0 aliphatic heterocycles. The van der Waals surface area contributed by atoms with Gasteiger partial charge in [-0.25, -0.2) is 0 Å². The Morgan fingerprint density at radius 2 is 1.72 bits per heavy atom. The van der Waals surface area contributed by atoms with Crippen LogP contribution in [0.4, 0.5) is 0 Å². The van der Waals surface area contributed by atoms with Crippen molar-refractivity contribution in [2.24, 2.45) is 0 Å². The van der Waals surface area contributed by atoms with Gasteiger partial charge in [0.15, 0.2) is 11.5 Å². The summed E-state index contributed by atoms with van der Waals surface area (Å²) in [5.41, 5.74) is 4.51. The van der Waals surface area contributed by atoms with Crippen molar-refractivity contribution in [2.75, 3.05) is 0 Å². The molecule has 0 amide bonds. The first-order valence-electron chi connectivity index (χ1n) is 8.05. The zero-order valence-corrected chi connectivity index (χ0v) is 14.0. The third-order valence-electron chi connectivity index (χ3n) is 4.17. The van der Waals surface area contributed by atoms with E-state index in [4.69, 9.17) is 4.74 Å². The number of aryl methyl sites for hydroxylation is 1. The number of hydrogen-bond donors (Lipinski definition) is 0. The van der Waals surface area contributed by atoms with Gasteiger partial charge in [0.05, 0.1) is 5.69 Å². The summed E-state index contributed by atoms with van der Waals surface area (Å²) in [5, 5.41) is 13.2. The SMILES string of the molecule is Cc1c(OCc2ccccn2)nn2c(-c3ccccc3)nnc2c1C. The Morgan fingerprint density at radius 3 is 2.48 bits per heavy atom. The van der Waals surface area contributed by atoms with E-state index >= 15 is 0 Å². The third kappa shape index (κ3) is 2.82. The van der Waals surface area contributed by atoms with E-state index in [2.05, 4.69) is 20.3 Å². The number of hydrogen-bond acceptors (Lipinski definition) is 5. The highest BCUT2D eigenvalue weighted by Crippen LogP contribution is 2.25. The number of ether oxygens (including phenoxy) is 1. The highest BCUT2D eigenvalue weighted by atomic mass is 16.5. The van der Waals surface area contributed by atoms with Gasteiger partial charge in [-0.3, -0.25) is 4.98 Å². The highest BCUT2D eigenvalue weighted by Gasteiger charge is 2.16. The smallest absolute Gasteiger partial charge is 0.235 e. The van der Waals surface area contributed by atoms with E-state index < -0.39 is 0 Å². The Labute approximate surface area is 145 Å². The van der Waals surface area contributed by atoms with Crippen molar-refractivity contribution >= 4 is 5.65 Å². The van der Waals surface area contributed by atoms with Crippen LogP contribution in [-0.2, 0) is 6.61 Å². The Hall–Kier alpha value is -3.28. The zero-order valence-electron chi connectivity index (χ0n) is 14.0. The summed E-state index contributed by atoms with van der Waals surface area (Å²) in [5.74, 6) is 1.26. The molecule has 0 bridgehead atoms. The van der Waals surface area contributed by atoms with Gasteiger partial charge in [0.25, 0.3) is 0 Å². The first kappa shape index (κ1) is 15.3. The monoisotopic (exact) mass is 331 g/mol. The molecule has 25 heavy (non-hydrogen) atoms. The lowest BCUT2D eigenvalue weighted by atomic mass is 10.2. The summed E-state index contributed by atoms with van der Waals surface area (Å²) in [7, 11) is 0. The fourth-order valence-corrected chi connectivity index (χ4v) is 2.63. The van der Waals surface area contributed by atoms with Gasteiger partial charge in [-0.1, -0.05) is 36.4 Å². The van der Waals surface area contributed by atoms with Crippen LogP contribution >= 0.6 is 0 Å². The molecule has 0 unspecified atom stereocenters. The van der Waals surface area contributed by atoms with Crippen molar-refractivity contribution < 1.29 is 4.74 Å². The number of aromatic nitrogens is 5. The summed E-state index contributed by atoms with van der Waals surface area (Å²) in [6, 6.07) is 15.6. The second-order valence-electron chi connectivity index (χ2n) is 5.79. The zero-order chi connectivity index (χ0) is 17.2. The van der Waals surface area contributed by atoms with Crippen molar-refractivity contribution in [1.82, 2.24) is 24.8 Å². The van der Waals surface area contributed by atoms with Crippen LogP contribution in [0.1, 0.15) is 16.8 Å². The van der Waals surface area contributed by atoms with Crippen LogP contribution in [0.25, 0.3) is 17.0 Å². The van der Waals surface area contributed by atoms with E-state index in [1.807, 2.05) is 62.4 Å². The molecule has 6 nitrogen and oxygen atoms in total. The first-order chi connectivity index (χ1) is 12.2. The molecule has 0 saturated heterocycles. The molecule has 0 radical (unpaired) electrons. The van der Waals surface area contributed by atoms with Crippen molar-refractivity contribution in [2.45, 2.75) is 20.5 Å². The van der Waals surface area contributed by atoms with Crippen LogP contribution in [0.2, 0.25) is 0 Å². The molecule has 6 heteroatoms. The molecule has 0 atom stereocenters. The molecule has 0 spiro atoms. The lowest BCUT2D eigenvalue weighted by molar-refractivity contribution is 0.282. The first-order valence-corrected chi connectivity index (χ1v) is 8.05. The molecule has 1 aromatic carbocycles. The summed E-state index contributed by atoms with van der Waals surface area (Å²) >= 11 is 0. The van der Waals surface area contributed by atoms with Crippen LogP contribution in [0.5, 0.6) is 5.88 Å². The number of rotatable bonds is 4. The molecule has 0 fully saturated rings. The molecule has 3 aromatic heterocycles. The lowest BCUT2D eigenvalue weighted by Gasteiger charge is -2.11. The van der Waals surface area contributed by atoms with Crippen LogP contribution < -0.4 is 4.74 Å². The van der Waals surface area contributed by atoms with Gasteiger partial charge in [0.1, 0.15) is 6.61 Å². The number of benzene rings is 1. The summed E-state index contributed by atoms with van der Waals surface area (Å²) in [6.45, 7) is 4.35. The van der Waals surface area contributed by atoms with Gasteiger partial charge in [-0.15, -0.1) is 15.3 Å². The Kier molecular flexibility index (Phi) is 3.85. The topological polar surface area (TPSA) is 65.2 Å². The van der Waals surface area contributed by atoms with E-state index in [9.17, 15) is 0 Å². The lowest BCUT2D eigenvalue weighted by Crippen LogP contribution is -2.06. The molecule has 0 saturated carbocycles. The number of fused-ring (bicyclic) bond motifs is 1. The summed E-state index contributed by atoms with van der Waals surface area (Å²) in [4.78, 5) is 4.28. The standard InChI is InChI=1S/C19H17N5O/c1-13-14(2)19(25-12-16-10-6-7-11-20-16)23-24-17(13)21-22-18(24)15-8-4-3-5-9-15/h3-11H,12H2,1-2H3. The molecular formula is C19H17N5O. The van der Waals surface area contributed by atoms with E-state index in [-0.39, 0.29) is 0 Å². The van der Waals surface area contributed by atoms with Gasteiger partial charge in [0, 0.05) is 22.9 Å². The molecule has 124 valence electrons. The van der Waals surface area contributed by atoms with Crippen molar-refractivity contribution in [3.63, 3.8) is 0 Å². The molecule has 0 aliphatic rings. The average Bonchev–Trinajstić information content (AvgIpc) is 3.09. The van der Waals surface area contributed by atoms with Crippen LogP contribution in [0.3, 0.4) is 0 Å². The van der Waals surface area contributed by atoms with Gasteiger partial charge in [-0.2, -0.15) is 4.52 Å². The molecule has 4 rings (SSSR count). The Morgan fingerprint density at radius 1 is 0.920 bits per heavy atom. The fraction of sp³-hybridized carbons (Fsp3) is 0.158. The normalized spacial score (nSPS) is 11.0. The number of pyridine rings is 1. The quantitative estimate of drug-likeness (QED) is 0.573. The van der Waals surface area contributed by atoms with Crippen molar-refractivity contribution in [3.05, 3.63) is 71.5 Å². The largest absolute Gasteiger partial charge is 0.470 e. The van der Waals surface area contributed by atoms with Gasteiger partial charge >= 0.3 is 0 Å². The molecule has 4 aromatic rings. The molecule has 3 heterocycles.